The lowest BCUT2D eigenvalue weighted by Crippen LogP contribution is -2.48. The van der Waals surface area contributed by atoms with E-state index in [2.05, 4.69) is 65.4 Å². The van der Waals surface area contributed by atoms with E-state index in [9.17, 15) is 16.8 Å². The third-order valence-electron chi connectivity index (χ3n) is 8.95. The van der Waals surface area contributed by atoms with Gasteiger partial charge in [-0.3, -0.25) is 4.90 Å². The Kier molecular flexibility index (Phi) is 8.90. The van der Waals surface area contributed by atoms with Crippen molar-refractivity contribution in [2.45, 2.75) is 36.2 Å². The number of aromatic nitrogens is 2. The summed E-state index contributed by atoms with van der Waals surface area (Å²) in [7, 11) is -4.70. The van der Waals surface area contributed by atoms with Crippen molar-refractivity contribution in [3.05, 3.63) is 90.5 Å². The number of aryl methyl sites for hydroxylation is 1. The summed E-state index contributed by atoms with van der Waals surface area (Å²) < 4.78 is 50.5. The third-order valence-corrected chi connectivity index (χ3v) is 11.2. The number of imidazole rings is 1. The minimum atomic E-state index is -3.34. The van der Waals surface area contributed by atoms with Crippen LogP contribution in [0.1, 0.15) is 19.4 Å². The molecule has 0 amide bonds. The maximum absolute atomic E-state index is 12.2. The van der Waals surface area contributed by atoms with Gasteiger partial charge in [0.15, 0.2) is 19.7 Å². The van der Waals surface area contributed by atoms with Gasteiger partial charge in [-0.25, -0.2) is 21.8 Å². The summed E-state index contributed by atoms with van der Waals surface area (Å²) in [6.45, 7) is 9.00. The Morgan fingerprint density at radius 1 is 0.745 bits per heavy atom. The van der Waals surface area contributed by atoms with Crippen molar-refractivity contribution in [1.29, 1.82) is 0 Å². The summed E-state index contributed by atoms with van der Waals surface area (Å²) in [6.07, 6.45) is 2.41. The molecule has 1 aliphatic rings. The number of nitrogens with zero attached hydrogens (tertiary/aromatic N) is 4. The lowest BCUT2D eigenvalue weighted by molar-refractivity contribution is 0.209. The summed E-state index contributed by atoms with van der Waals surface area (Å²) in [6, 6.07) is 27.2. The van der Waals surface area contributed by atoms with Crippen LogP contribution in [0.25, 0.3) is 33.5 Å². The van der Waals surface area contributed by atoms with Gasteiger partial charge in [-0.05, 0) is 91.2 Å². The Morgan fingerprint density at radius 2 is 1.38 bits per heavy atom. The zero-order valence-electron chi connectivity index (χ0n) is 27.4. The number of anilines is 2. The molecule has 1 N–H and O–H groups in total. The predicted octanol–water partition coefficient (Wildman–Crippen LogP) is 5.86. The monoisotopic (exact) mass is 671 g/mol. The largest absolute Gasteiger partial charge is 0.379 e. The van der Waals surface area contributed by atoms with Crippen LogP contribution < -0.4 is 10.2 Å². The second kappa shape index (κ2) is 12.8. The van der Waals surface area contributed by atoms with E-state index in [4.69, 9.17) is 4.98 Å². The van der Waals surface area contributed by atoms with Crippen molar-refractivity contribution >= 4 is 42.1 Å². The highest BCUT2D eigenvalue weighted by Gasteiger charge is 2.20. The van der Waals surface area contributed by atoms with Crippen LogP contribution in [-0.4, -0.2) is 76.0 Å². The van der Waals surface area contributed by atoms with Gasteiger partial charge in [0.2, 0.25) is 0 Å². The lowest BCUT2D eigenvalue weighted by atomic mass is 10.0. The van der Waals surface area contributed by atoms with Crippen molar-refractivity contribution in [3.63, 3.8) is 0 Å². The van der Waals surface area contributed by atoms with E-state index in [1.165, 1.54) is 18.2 Å². The molecule has 9 nitrogen and oxygen atoms in total. The lowest BCUT2D eigenvalue weighted by Gasteiger charge is -2.38. The van der Waals surface area contributed by atoms with Crippen LogP contribution in [0, 0.1) is 0 Å². The molecular formula is C36H41N5O4S2. The summed E-state index contributed by atoms with van der Waals surface area (Å²) in [5.74, 6) is 0.704. The van der Waals surface area contributed by atoms with Crippen LogP contribution in [0.4, 0.5) is 11.4 Å². The van der Waals surface area contributed by atoms with Crippen LogP contribution in [0.5, 0.6) is 0 Å². The molecule has 0 unspecified atom stereocenters. The average Bonchev–Trinajstić information content (AvgIpc) is 3.39. The van der Waals surface area contributed by atoms with Crippen molar-refractivity contribution in [2.24, 2.45) is 7.05 Å². The van der Waals surface area contributed by atoms with E-state index in [0.717, 1.165) is 65.2 Å². The minimum Gasteiger partial charge on any atom is -0.379 e. The summed E-state index contributed by atoms with van der Waals surface area (Å²) in [5.41, 5.74) is 7.41. The fraction of sp³-hybridized carbons (Fsp3) is 0.306. The normalized spacial score (nSPS) is 14.6. The fourth-order valence-corrected chi connectivity index (χ4v) is 7.46. The van der Waals surface area contributed by atoms with E-state index in [1.54, 1.807) is 42.5 Å². The van der Waals surface area contributed by atoms with Crippen LogP contribution in [0.2, 0.25) is 0 Å². The predicted molar refractivity (Wildman–Crippen MR) is 190 cm³/mol. The summed E-state index contributed by atoms with van der Waals surface area (Å²) in [4.78, 5) is 10.5. The molecule has 0 saturated carbocycles. The molecule has 4 aromatic carbocycles. The minimum absolute atomic E-state index is 0.256. The number of hydrogen-bond acceptors (Lipinski definition) is 8. The van der Waals surface area contributed by atoms with Gasteiger partial charge in [0, 0.05) is 69.6 Å². The highest BCUT2D eigenvalue weighted by molar-refractivity contribution is 7.91. The first-order valence-electron chi connectivity index (χ1n) is 15.7. The summed E-state index contributed by atoms with van der Waals surface area (Å²) in [5, 5.41) is 3.53. The Balaban J connectivity index is 1.37. The molecule has 0 atom stereocenters. The van der Waals surface area contributed by atoms with Crippen molar-refractivity contribution in [2.75, 3.05) is 48.9 Å². The van der Waals surface area contributed by atoms with Crippen LogP contribution in [0.3, 0.4) is 0 Å². The van der Waals surface area contributed by atoms with Gasteiger partial charge in [-0.15, -0.1) is 0 Å². The zero-order chi connectivity index (χ0) is 33.5. The van der Waals surface area contributed by atoms with E-state index in [1.807, 2.05) is 17.7 Å². The van der Waals surface area contributed by atoms with Crippen LogP contribution >= 0.6 is 0 Å². The van der Waals surface area contributed by atoms with E-state index >= 15 is 0 Å². The smallest absolute Gasteiger partial charge is 0.175 e. The maximum Gasteiger partial charge on any atom is 0.175 e. The van der Waals surface area contributed by atoms with E-state index in [-0.39, 0.29) is 9.79 Å². The second-order valence-corrected chi connectivity index (χ2v) is 16.7. The molecule has 1 aromatic heterocycles. The number of hydrogen-bond donors (Lipinski definition) is 1. The molecule has 6 rings (SSSR count). The number of nitrogens with one attached hydrogen (secondary N) is 1. The first kappa shape index (κ1) is 32.7. The first-order valence-corrected chi connectivity index (χ1v) is 19.5. The third kappa shape index (κ3) is 7.07. The topological polar surface area (TPSA) is 105 Å². The number of piperazine rings is 1. The Morgan fingerprint density at radius 3 is 2.00 bits per heavy atom. The number of benzene rings is 4. The molecule has 0 spiro atoms. The molecule has 1 aliphatic heterocycles. The summed E-state index contributed by atoms with van der Waals surface area (Å²) >= 11 is 0. The Bertz CT molecular complexity index is 2130. The molecule has 1 saturated heterocycles. The Labute approximate surface area is 277 Å². The molecule has 1 fully saturated rings. The molecule has 0 aliphatic carbocycles. The second-order valence-electron chi connectivity index (χ2n) is 12.6. The highest BCUT2D eigenvalue weighted by Crippen LogP contribution is 2.35. The van der Waals surface area contributed by atoms with Gasteiger partial charge in [-0.2, -0.15) is 0 Å². The van der Waals surface area contributed by atoms with Gasteiger partial charge in [-0.1, -0.05) is 24.3 Å². The molecule has 47 heavy (non-hydrogen) atoms. The zero-order valence-corrected chi connectivity index (χ0v) is 29.1. The molecule has 2 heterocycles. The van der Waals surface area contributed by atoms with Gasteiger partial charge < -0.3 is 14.8 Å². The SMILES string of the molecule is CC(C)N1CCN(c2ccc(-c3cc(NCc4cccc(S(C)(=O)=O)c4)c4nc(-c5ccc(S(C)(=O)=O)cc5)n(C)c4c3)cc2)CC1. The highest BCUT2D eigenvalue weighted by atomic mass is 32.2. The van der Waals surface area contributed by atoms with E-state index in [0.29, 0.717) is 18.4 Å². The maximum atomic E-state index is 12.2. The average molecular weight is 672 g/mol. The van der Waals surface area contributed by atoms with Gasteiger partial charge in [0.1, 0.15) is 11.3 Å². The molecular weight excluding hydrogens is 631 g/mol. The van der Waals surface area contributed by atoms with Crippen molar-refractivity contribution < 1.29 is 16.8 Å². The number of rotatable bonds is 9. The molecule has 246 valence electrons. The van der Waals surface area contributed by atoms with Gasteiger partial charge >= 0.3 is 0 Å². The fourth-order valence-electron chi connectivity index (χ4n) is 6.14. The number of fused-ring (bicyclic) bond motifs is 1. The van der Waals surface area contributed by atoms with Gasteiger partial charge in [0.05, 0.1) is 21.0 Å². The Hall–Kier alpha value is -4.19. The van der Waals surface area contributed by atoms with Crippen LogP contribution in [0.15, 0.2) is 94.7 Å². The molecule has 0 radical (unpaired) electrons. The standard InChI is InChI=1S/C36H41N5O4S2/c1-25(2)40-17-19-41(20-18-40)30-13-9-27(10-14-30)29-22-33(37-24-26-7-6-8-32(21-26)47(5,44)45)35-34(23-29)39(3)36(38-35)28-11-15-31(16-12-28)46(4,42)43/h6-16,21-23,25,37H,17-20,24H2,1-5H3. The van der Waals surface area contributed by atoms with Crippen LogP contribution in [-0.2, 0) is 33.3 Å². The van der Waals surface area contributed by atoms with Crippen molar-refractivity contribution in [1.82, 2.24) is 14.5 Å². The molecule has 11 heteroatoms. The first-order chi connectivity index (χ1) is 22.3. The van der Waals surface area contributed by atoms with E-state index < -0.39 is 19.7 Å². The molecule has 0 bridgehead atoms. The quantitative estimate of drug-likeness (QED) is 0.208. The van der Waals surface area contributed by atoms with Crippen molar-refractivity contribution in [3.8, 4) is 22.5 Å². The number of sulfone groups is 2. The van der Waals surface area contributed by atoms with Gasteiger partial charge in [0.25, 0.3) is 0 Å². The molecule has 5 aromatic rings.